The van der Waals surface area contributed by atoms with Crippen LogP contribution in [0.3, 0.4) is 0 Å². The van der Waals surface area contributed by atoms with Gasteiger partial charge in [0.15, 0.2) is 0 Å². The fraction of sp³-hybridized carbons (Fsp3) is 0.222. The van der Waals surface area contributed by atoms with E-state index in [9.17, 15) is 9.59 Å². The van der Waals surface area contributed by atoms with Gasteiger partial charge in [0.2, 0.25) is 5.91 Å². The zero-order chi connectivity index (χ0) is 16.7. The number of rotatable bonds is 6. The molecule has 0 aliphatic carbocycles. The second-order valence-electron chi connectivity index (χ2n) is 5.10. The molecule has 2 rings (SSSR count). The summed E-state index contributed by atoms with van der Waals surface area (Å²) in [6.07, 6.45) is 0. The van der Waals surface area contributed by atoms with Gasteiger partial charge in [-0.25, -0.2) is 4.79 Å². The number of thioether (sulfide) groups is 1. The zero-order valence-electron chi connectivity index (χ0n) is 13.2. The SMILES string of the molecule is COC(=O)c1ccc(CSCC(=O)Nc2ccc(C)cc2)cc1. The number of esters is 1. The molecule has 4 nitrogen and oxygen atoms in total. The lowest BCUT2D eigenvalue weighted by Gasteiger charge is -2.06. The fourth-order valence-electron chi connectivity index (χ4n) is 1.95. The van der Waals surface area contributed by atoms with Crippen molar-refractivity contribution in [3.63, 3.8) is 0 Å². The molecule has 0 aromatic heterocycles. The van der Waals surface area contributed by atoms with Crippen molar-refractivity contribution in [1.82, 2.24) is 0 Å². The second-order valence-corrected chi connectivity index (χ2v) is 6.08. The van der Waals surface area contributed by atoms with E-state index in [4.69, 9.17) is 0 Å². The molecule has 0 aliphatic heterocycles. The van der Waals surface area contributed by atoms with Crippen LogP contribution < -0.4 is 5.32 Å². The lowest BCUT2D eigenvalue weighted by atomic mass is 10.1. The molecule has 0 unspecified atom stereocenters. The molecule has 1 N–H and O–H groups in total. The smallest absolute Gasteiger partial charge is 0.337 e. The third kappa shape index (κ3) is 5.45. The van der Waals surface area contributed by atoms with Crippen molar-refractivity contribution in [2.45, 2.75) is 12.7 Å². The van der Waals surface area contributed by atoms with E-state index in [1.54, 1.807) is 12.1 Å². The predicted molar refractivity (Wildman–Crippen MR) is 93.8 cm³/mol. The number of amides is 1. The Hall–Kier alpha value is -2.27. The monoisotopic (exact) mass is 329 g/mol. The molecule has 0 spiro atoms. The van der Waals surface area contributed by atoms with Crippen LogP contribution in [-0.2, 0) is 15.3 Å². The van der Waals surface area contributed by atoms with Gasteiger partial charge < -0.3 is 10.1 Å². The molecule has 0 aliphatic rings. The summed E-state index contributed by atoms with van der Waals surface area (Å²) in [5.74, 6) is 0.724. The molecule has 120 valence electrons. The molecule has 1 amide bonds. The first-order valence-corrected chi connectivity index (χ1v) is 8.35. The number of benzene rings is 2. The number of methoxy groups -OCH3 is 1. The molecule has 0 atom stereocenters. The Bertz CT molecular complexity index is 666. The molecular weight excluding hydrogens is 310 g/mol. The van der Waals surface area contributed by atoms with Gasteiger partial charge in [-0.15, -0.1) is 11.8 Å². The fourth-order valence-corrected chi connectivity index (χ4v) is 2.74. The van der Waals surface area contributed by atoms with Crippen LogP contribution in [0.15, 0.2) is 48.5 Å². The van der Waals surface area contributed by atoms with E-state index in [1.165, 1.54) is 18.9 Å². The van der Waals surface area contributed by atoms with Gasteiger partial charge in [-0.2, -0.15) is 0 Å². The van der Waals surface area contributed by atoms with E-state index < -0.39 is 0 Å². The Morgan fingerprint density at radius 1 is 1.04 bits per heavy atom. The van der Waals surface area contributed by atoms with Gasteiger partial charge in [0.05, 0.1) is 18.4 Å². The minimum absolute atomic E-state index is 0.0231. The molecule has 5 heteroatoms. The largest absolute Gasteiger partial charge is 0.465 e. The normalized spacial score (nSPS) is 10.2. The topological polar surface area (TPSA) is 55.4 Å². The van der Waals surface area contributed by atoms with Crippen molar-refractivity contribution in [1.29, 1.82) is 0 Å². The number of anilines is 1. The highest BCUT2D eigenvalue weighted by molar-refractivity contribution is 7.99. The lowest BCUT2D eigenvalue weighted by molar-refractivity contribution is -0.113. The first kappa shape index (κ1) is 17.1. The number of carbonyl (C=O) groups excluding carboxylic acids is 2. The Kier molecular flexibility index (Phi) is 6.23. The molecule has 0 saturated carbocycles. The van der Waals surface area contributed by atoms with Gasteiger partial charge >= 0.3 is 5.97 Å². The molecular formula is C18H19NO3S. The third-order valence-corrected chi connectivity index (χ3v) is 4.22. The van der Waals surface area contributed by atoms with E-state index in [1.807, 2.05) is 43.3 Å². The van der Waals surface area contributed by atoms with Crippen molar-refractivity contribution >= 4 is 29.3 Å². The molecule has 0 bridgehead atoms. The summed E-state index contributed by atoms with van der Waals surface area (Å²) in [4.78, 5) is 23.2. The van der Waals surface area contributed by atoms with Crippen molar-refractivity contribution < 1.29 is 14.3 Å². The predicted octanol–water partition coefficient (Wildman–Crippen LogP) is 3.65. The Labute approximate surface area is 140 Å². The lowest BCUT2D eigenvalue weighted by Crippen LogP contribution is -2.14. The third-order valence-electron chi connectivity index (χ3n) is 3.21. The van der Waals surface area contributed by atoms with Crippen molar-refractivity contribution in [3.8, 4) is 0 Å². The Morgan fingerprint density at radius 3 is 2.30 bits per heavy atom. The first-order chi connectivity index (χ1) is 11.1. The molecule has 0 fully saturated rings. The average molecular weight is 329 g/mol. The van der Waals surface area contributed by atoms with Crippen LogP contribution in [0.4, 0.5) is 5.69 Å². The van der Waals surface area contributed by atoms with E-state index >= 15 is 0 Å². The summed E-state index contributed by atoms with van der Waals surface area (Å²) >= 11 is 1.53. The highest BCUT2D eigenvalue weighted by Crippen LogP contribution is 2.15. The van der Waals surface area contributed by atoms with E-state index in [0.29, 0.717) is 17.1 Å². The van der Waals surface area contributed by atoms with Gasteiger partial charge in [0.1, 0.15) is 0 Å². The summed E-state index contributed by atoms with van der Waals surface area (Å²) in [5.41, 5.74) is 3.56. The number of carbonyl (C=O) groups is 2. The van der Waals surface area contributed by atoms with E-state index in [-0.39, 0.29) is 11.9 Å². The van der Waals surface area contributed by atoms with Gasteiger partial charge in [-0.1, -0.05) is 29.8 Å². The van der Waals surface area contributed by atoms with Crippen LogP contribution >= 0.6 is 11.8 Å². The van der Waals surface area contributed by atoms with E-state index in [2.05, 4.69) is 10.1 Å². The summed E-state index contributed by atoms with van der Waals surface area (Å²) in [6, 6.07) is 14.9. The quantitative estimate of drug-likeness (QED) is 0.822. The van der Waals surface area contributed by atoms with Gasteiger partial charge in [0, 0.05) is 11.4 Å². The van der Waals surface area contributed by atoms with Crippen LogP contribution in [0.5, 0.6) is 0 Å². The number of nitrogens with one attached hydrogen (secondary N) is 1. The maximum atomic E-state index is 11.9. The first-order valence-electron chi connectivity index (χ1n) is 7.20. The molecule has 2 aromatic carbocycles. The summed E-state index contributed by atoms with van der Waals surface area (Å²) in [6.45, 7) is 2.01. The molecule has 2 aromatic rings. The summed E-state index contributed by atoms with van der Waals surface area (Å²) < 4.78 is 4.66. The zero-order valence-corrected chi connectivity index (χ0v) is 14.0. The summed E-state index contributed by atoms with van der Waals surface area (Å²) in [7, 11) is 1.36. The Morgan fingerprint density at radius 2 is 1.70 bits per heavy atom. The minimum atomic E-state index is -0.346. The second kappa shape index (κ2) is 8.39. The van der Waals surface area contributed by atoms with Crippen molar-refractivity contribution in [3.05, 3.63) is 65.2 Å². The van der Waals surface area contributed by atoms with Crippen LogP contribution in [0, 0.1) is 6.92 Å². The van der Waals surface area contributed by atoms with Crippen molar-refractivity contribution in [2.75, 3.05) is 18.2 Å². The number of aryl methyl sites for hydroxylation is 1. The van der Waals surface area contributed by atoms with Crippen molar-refractivity contribution in [2.24, 2.45) is 0 Å². The maximum Gasteiger partial charge on any atom is 0.337 e. The molecule has 0 radical (unpaired) electrons. The van der Waals surface area contributed by atoms with Gasteiger partial charge in [-0.3, -0.25) is 4.79 Å². The Balaban J connectivity index is 1.77. The number of hydrogen-bond acceptors (Lipinski definition) is 4. The van der Waals surface area contributed by atoms with Crippen LogP contribution in [0.2, 0.25) is 0 Å². The summed E-state index contributed by atoms with van der Waals surface area (Å²) in [5, 5.41) is 2.87. The number of hydrogen-bond donors (Lipinski definition) is 1. The molecule has 0 heterocycles. The highest BCUT2D eigenvalue weighted by atomic mass is 32.2. The standard InChI is InChI=1S/C18H19NO3S/c1-13-3-9-16(10-4-13)19-17(20)12-23-11-14-5-7-15(8-6-14)18(21)22-2/h3-10H,11-12H2,1-2H3,(H,19,20). The van der Waals surface area contributed by atoms with Crippen LogP contribution in [0.25, 0.3) is 0 Å². The van der Waals surface area contributed by atoms with Crippen LogP contribution in [0.1, 0.15) is 21.5 Å². The number of ether oxygens (including phenoxy) is 1. The molecule has 0 saturated heterocycles. The van der Waals surface area contributed by atoms with E-state index in [0.717, 1.165) is 16.8 Å². The highest BCUT2D eigenvalue weighted by Gasteiger charge is 2.06. The minimum Gasteiger partial charge on any atom is -0.465 e. The van der Waals surface area contributed by atoms with Gasteiger partial charge in [-0.05, 0) is 36.8 Å². The van der Waals surface area contributed by atoms with Crippen LogP contribution in [-0.4, -0.2) is 24.7 Å². The average Bonchev–Trinajstić information content (AvgIpc) is 2.57. The van der Waals surface area contributed by atoms with Gasteiger partial charge in [0.25, 0.3) is 0 Å². The molecule has 23 heavy (non-hydrogen) atoms. The maximum absolute atomic E-state index is 11.9.